The molecule has 1 aromatic heterocycles. The highest BCUT2D eigenvalue weighted by Crippen LogP contribution is 2.19. The van der Waals surface area contributed by atoms with E-state index in [9.17, 15) is 41.7 Å². The standard InChI is InChI=1S/C9H14N2.C7H9NO7S.C7H9NO4/c1-4-10-9-5-7(2)11-8(3)6-9;1-2-6(10)15-8-5(9)3-4(7(8)11)16(12,13)14;1-2-7(11)12-8-5(9)3-4-6(8)10/h5-6H,4H2,1-3H3,(H,10,11);4H,2-3H2,1H3,(H,12,13,14);2-4H2,1H3/p-1. The predicted octanol–water partition coefficient (Wildman–Crippen LogP) is 0.661. The van der Waals surface area contributed by atoms with Crippen LogP contribution in [0.25, 0.3) is 0 Å². The summed E-state index contributed by atoms with van der Waals surface area (Å²) in [5.41, 5.74) is 3.31. The first kappa shape index (κ1) is 33.1. The molecule has 0 aliphatic carbocycles. The molecular weight excluding hydrogens is 540 g/mol. The molecule has 2 saturated heterocycles. The van der Waals surface area contributed by atoms with Gasteiger partial charge in [-0.2, -0.15) is 0 Å². The molecule has 4 amide bonds. The number of hydrogen-bond acceptors (Lipinski definition) is 13. The van der Waals surface area contributed by atoms with Crippen molar-refractivity contribution in [2.45, 2.75) is 72.0 Å². The topological polar surface area (TPSA) is 209 Å². The molecule has 1 unspecified atom stereocenters. The molecule has 0 bridgehead atoms. The summed E-state index contributed by atoms with van der Waals surface area (Å²) < 4.78 is 31.8. The number of carbonyl (C=O) groups is 6. The van der Waals surface area contributed by atoms with Crippen LogP contribution in [-0.2, 0) is 48.6 Å². The van der Waals surface area contributed by atoms with Crippen molar-refractivity contribution in [1.82, 2.24) is 15.1 Å². The molecule has 39 heavy (non-hydrogen) atoms. The normalized spacial score (nSPS) is 16.7. The summed E-state index contributed by atoms with van der Waals surface area (Å²) >= 11 is 0. The smallest absolute Gasteiger partial charge is 0.332 e. The van der Waals surface area contributed by atoms with Gasteiger partial charge in [0.1, 0.15) is 15.4 Å². The number of nitrogens with one attached hydrogen (secondary N) is 1. The highest BCUT2D eigenvalue weighted by molar-refractivity contribution is 7.87. The van der Waals surface area contributed by atoms with Crippen molar-refractivity contribution in [3.8, 4) is 0 Å². The molecule has 3 rings (SSSR count). The zero-order chi connectivity index (χ0) is 29.9. The number of anilines is 1. The van der Waals surface area contributed by atoms with Gasteiger partial charge >= 0.3 is 11.9 Å². The van der Waals surface area contributed by atoms with E-state index in [4.69, 9.17) is 0 Å². The van der Waals surface area contributed by atoms with Crippen LogP contribution in [0.5, 0.6) is 0 Å². The second-order valence-electron chi connectivity index (χ2n) is 8.10. The van der Waals surface area contributed by atoms with Crippen LogP contribution in [0.2, 0.25) is 0 Å². The maximum Gasteiger partial charge on any atom is 0.332 e. The van der Waals surface area contributed by atoms with Crippen LogP contribution in [-0.4, -0.2) is 75.4 Å². The lowest BCUT2D eigenvalue weighted by atomic mass is 10.3. The lowest BCUT2D eigenvalue weighted by Crippen LogP contribution is -2.36. The Labute approximate surface area is 225 Å². The van der Waals surface area contributed by atoms with Gasteiger partial charge in [-0.05, 0) is 32.9 Å². The summed E-state index contributed by atoms with van der Waals surface area (Å²) in [6, 6.07) is 4.10. The van der Waals surface area contributed by atoms with Crippen molar-refractivity contribution in [1.29, 1.82) is 0 Å². The van der Waals surface area contributed by atoms with Crippen molar-refractivity contribution in [2.24, 2.45) is 0 Å². The molecule has 1 N–H and O–H groups in total. The second kappa shape index (κ2) is 14.9. The lowest BCUT2D eigenvalue weighted by Gasteiger charge is -2.14. The van der Waals surface area contributed by atoms with E-state index in [1.54, 1.807) is 6.92 Å². The predicted molar refractivity (Wildman–Crippen MR) is 132 cm³/mol. The highest BCUT2D eigenvalue weighted by atomic mass is 32.2. The molecule has 15 nitrogen and oxygen atoms in total. The fourth-order valence-corrected chi connectivity index (χ4v) is 3.72. The number of imide groups is 2. The highest BCUT2D eigenvalue weighted by Gasteiger charge is 2.45. The summed E-state index contributed by atoms with van der Waals surface area (Å²) in [5, 5.41) is 1.83. The minimum Gasteiger partial charge on any atom is -0.747 e. The first-order valence-electron chi connectivity index (χ1n) is 11.9. The van der Waals surface area contributed by atoms with Gasteiger partial charge in [0, 0.05) is 49.3 Å². The van der Waals surface area contributed by atoms with Gasteiger partial charge in [0.2, 0.25) is 0 Å². The van der Waals surface area contributed by atoms with Crippen LogP contribution >= 0.6 is 0 Å². The number of carbonyl (C=O) groups excluding carboxylic acids is 6. The molecule has 1 aromatic rings. The Hall–Kier alpha value is -3.92. The van der Waals surface area contributed by atoms with Crippen LogP contribution < -0.4 is 5.32 Å². The Bertz CT molecular complexity index is 1180. The monoisotopic (exact) mass is 571 g/mol. The van der Waals surface area contributed by atoms with Crippen molar-refractivity contribution in [3.63, 3.8) is 0 Å². The maximum atomic E-state index is 11.3. The van der Waals surface area contributed by atoms with E-state index in [0.29, 0.717) is 5.06 Å². The number of rotatable bonds is 7. The molecule has 216 valence electrons. The van der Waals surface area contributed by atoms with E-state index in [1.165, 1.54) is 6.92 Å². The Balaban J connectivity index is 0.000000299. The van der Waals surface area contributed by atoms with Gasteiger partial charge in [-0.1, -0.05) is 13.8 Å². The van der Waals surface area contributed by atoms with Crippen LogP contribution in [0, 0.1) is 13.8 Å². The van der Waals surface area contributed by atoms with E-state index < -0.39 is 57.4 Å². The summed E-state index contributed by atoms with van der Waals surface area (Å²) in [7, 11) is -4.91. The molecule has 2 aliphatic rings. The van der Waals surface area contributed by atoms with E-state index in [2.05, 4.69) is 39.0 Å². The molecule has 0 saturated carbocycles. The van der Waals surface area contributed by atoms with Gasteiger partial charge in [0.15, 0.2) is 0 Å². The molecular formula is C23H31N4O11S-. The third-order valence-electron chi connectivity index (χ3n) is 4.84. The van der Waals surface area contributed by atoms with Crippen LogP contribution in [0.1, 0.15) is 64.3 Å². The van der Waals surface area contributed by atoms with Crippen LogP contribution in [0.3, 0.4) is 0 Å². The zero-order valence-electron chi connectivity index (χ0n) is 22.2. The number of hydroxylamine groups is 4. The van der Waals surface area contributed by atoms with Gasteiger partial charge in [0.05, 0.1) is 6.42 Å². The first-order valence-corrected chi connectivity index (χ1v) is 13.4. The number of aromatic nitrogens is 1. The Morgan fingerprint density at radius 2 is 1.38 bits per heavy atom. The Kier molecular flexibility index (Phi) is 12.6. The lowest BCUT2D eigenvalue weighted by molar-refractivity contribution is -0.197. The van der Waals surface area contributed by atoms with Crippen molar-refractivity contribution < 1.29 is 51.4 Å². The molecule has 3 heterocycles. The quantitative estimate of drug-likeness (QED) is 0.352. The molecule has 1 atom stereocenters. The van der Waals surface area contributed by atoms with Crippen LogP contribution in [0.15, 0.2) is 12.1 Å². The third kappa shape index (κ3) is 10.4. The van der Waals surface area contributed by atoms with E-state index in [0.717, 1.165) is 23.6 Å². The molecule has 0 radical (unpaired) electrons. The van der Waals surface area contributed by atoms with Crippen molar-refractivity contribution in [3.05, 3.63) is 23.5 Å². The minimum atomic E-state index is -4.91. The number of hydrogen-bond donors (Lipinski definition) is 1. The SMILES string of the molecule is CCC(=O)ON1C(=O)CC(S(=O)(=O)[O-])C1=O.CCC(=O)ON1C(=O)CCC1=O.CCNc1cc(C)nc(C)c1. The Morgan fingerprint density at radius 1 is 0.923 bits per heavy atom. The largest absolute Gasteiger partial charge is 0.747 e. The van der Waals surface area contributed by atoms with Crippen molar-refractivity contribution in [2.75, 3.05) is 11.9 Å². The Morgan fingerprint density at radius 3 is 1.77 bits per heavy atom. The molecule has 16 heteroatoms. The molecule has 0 spiro atoms. The summed E-state index contributed by atoms with van der Waals surface area (Å²) in [4.78, 5) is 78.7. The number of amides is 4. The average Bonchev–Trinajstić information content (AvgIpc) is 3.32. The summed E-state index contributed by atoms with van der Waals surface area (Å²) in [6.07, 6.45) is -0.462. The van der Waals surface area contributed by atoms with Crippen molar-refractivity contribution >= 4 is 51.4 Å². The zero-order valence-corrected chi connectivity index (χ0v) is 23.0. The minimum absolute atomic E-state index is 0.0337. The van der Waals surface area contributed by atoms with Gasteiger partial charge in [-0.15, -0.1) is 10.1 Å². The number of aryl methyl sites for hydroxylation is 2. The second-order valence-corrected chi connectivity index (χ2v) is 9.65. The van der Waals surface area contributed by atoms with Crippen LogP contribution in [0.4, 0.5) is 5.69 Å². The van der Waals surface area contributed by atoms with E-state index >= 15 is 0 Å². The van der Waals surface area contributed by atoms with E-state index in [1.807, 2.05) is 13.8 Å². The fourth-order valence-electron chi connectivity index (χ4n) is 3.04. The fraction of sp³-hybridized carbons (Fsp3) is 0.522. The first-order chi connectivity index (χ1) is 18.1. The van der Waals surface area contributed by atoms with Gasteiger partial charge in [-0.25, -0.2) is 18.0 Å². The third-order valence-corrected chi connectivity index (χ3v) is 5.91. The number of nitrogens with zero attached hydrogens (tertiary/aromatic N) is 3. The molecule has 2 fully saturated rings. The molecule has 0 aromatic carbocycles. The van der Waals surface area contributed by atoms with Gasteiger partial charge in [0.25, 0.3) is 23.6 Å². The van der Waals surface area contributed by atoms with Gasteiger partial charge < -0.3 is 19.5 Å². The molecule has 2 aliphatic heterocycles. The number of pyridine rings is 1. The van der Waals surface area contributed by atoms with E-state index in [-0.39, 0.29) is 30.7 Å². The average molecular weight is 572 g/mol. The maximum absolute atomic E-state index is 11.3. The van der Waals surface area contributed by atoms with Gasteiger partial charge in [-0.3, -0.25) is 24.2 Å². The summed E-state index contributed by atoms with van der Waals surface area (Å²) in [6.45, 7) is 10.1. The summed E-state index contributed by atoms with van der Waals surface area (Å²) in [5.74, 6) is -4.66.